The van der Waals surface area contributed by atoms with E-state index in [4.69, 9.17) is 0 Å². The Balaban J connectivity index is 1.07. The van der Waals surface area contributed by atoms with E-state index in [-0.39, 0.29) is 11.7 Å². The Morgan fingerprint density at radius 1 is 1.06 bits per heavy atom. The smallest absolute Gasteiger partial charge is 0.273 e. The van der Waals surface area contributed by atoms with Crippen LogP contribution in [-0.2, 0) is 0 Å². The Kier molecular flexibility index (Phi) is 6.57. The van der Waals surface area contributed by atoms with E-state index in [0.29, 0.717) is 5.69 Å². The van der Waals surface area contributed by atoms with Gasteiger partial charge in [-0.3, -0.25) is 9.69 Å². The number of carbonyl (C=O) groups is 1. The Morgan fingerprint density at radius 2 is 1.88 bits per heavy atom. The molecule has 33 heavy (non-hydrogen) atoms. The van der Waals surface area contributed by atoms with Gasteiger partial charge in [-0.15, -0.1) is 11.3 Å². The van der Waals surface area contributed by atoms with Crippen LogP contribution in [0.25, 0.3) is 20.2 Å². The van der Waals surface area contributed by atoms with Gasteiger partial charge in [-0.25, -0.2) is 4.39 Å². The van der Waals surface area contributed by atoms with Crippen molar-refractivity contribution in [3.8, 4) is 0 Å². The zero-order valence-electron chi connectivity index (χ0n) is 18.7. The van der Waals surface area contributed by atoms with E-state index in [1.54, 1.807) is 28.4 Å². The van der Waals surface area contributed by atoms with Crippen LogP contribution in [0.15, 0.2) is 47.8 Å². The second kappa shape index (κ2) is 9.75. The Hall–Kier alpha value is -2.55. The van der Waals surface area contributed by atoms with Crippen LogP contribution >= 0.6 is 22.9 Å². The van der Waals surface area contributed by atoms with Crippen molar-refractivity contribution in [1.29, 1.82) is 0 Å². The van der Waals surface area contributed by atoms with Gasteiger partial charge in [-0.1, -0.05) is 18.2 Å². The van der Waals surface area contributed by atoms with Crippen molar-refractivity contribution in [2.45, 2.75) is 12.8 Å². The Morgan fingerprint density at radius 3 is 2.73 bits per heavy atom. The Labute approximate surface area is 201 Å². The molecule has 4 aromatic rings. The highest BCUT2D eigenvalue weighted by molar-refractivity contribution is 7.17. The van der Waals surface area contributed by atoms with Gasteiger partial charge < -0.3 is 9.80 Å². The lowest BCUT2D eigenvalue weighted by molar-refractivity contribution is 0.0788. The number of rotatable bonds is 7. The SMILES string of the molecule is CN(CCCCN1CCN(c2csc3cc(F)ccc23)CC1)C(=O)c1nsc2ccccc12. The first-order valence-electron chi connectivity index (χ1n) is 11.3. The van der Waals surface area contributed by atoms with Gasteiger partial charge in [0.15, 0.2) is 0 Å². The van der Waals surface area contributed by atoms with Crippen molar-refractivity contribution in [3.05, 3.63) is 59.4 Å². The highest BCUT2D eigenvalue weighted by atomic mass is 32.1. The molecule has 172 valence electrons. The molecular weight excluding hydrogens is 455 g/mol. The van der Waals surface area contributed by atoms with Gasteiger partial charge in [-0.2, -0.15) is 4.37 Å². The number of fused-ring (bicyclic) bond motifs is 2. The molecule has 0 N–H and O–H groups in total. The molecular formula is C25H27FN4OS2. The van der Waals surface area contributed by atoms with Crippen molar-refractivity contribution >= 4 is 54.6 Å². The molecule has 1 fully saturated rings. The molecule has 1 aliphatic heterocycles. The molecule has 0 radical (unpaired) electrons. The standard InChI is InChI=1S/C25H27FN4OS2/c1-28(25(31)24-20-6-2-3-7-22(20)33-27-24)10-4-5-11-29-12-14-30(15-13-29)21-17-32-23-16-18(26)8-9-19(21)23/h2-3,6-9,16-17H,4-5,10-15H2,1H3. The van der Waals surface area contributed by atoms with Crippen molar-refractivity contribution in [1.82, 2.24) is 14.2 Å². The molecule has 0 saturated carbocycles. The molecule has 2 aromatic heterocycles. The molecule has 5 rings (SSSR count). The van der Waals surface area contributed by atoms with Crippen LogP contribution in [0.1, 0.15) is 23.3 Å². The van der Waals surface area contributed by atoms with Gasteiger partial charge in [0.05, 0.1) is 10.4 Å². The molecule has 0 spiro atoms. The van der Waals surface area contributed by atoms with Gasteiger partial charge in [-0.05, 0) is 55.2 Å². The van der Waals surface area contributed by atoms with Crippen LogP contribution in [0.4, 0.5) is 10.1 Å². The summed E-state index contributed by atoms with van der Waals surface area (Å²) < 4.78 is 19.9. The fourth-order valence-electron chi connectivity index (χ4n) is 4.45. The fraction of sp³-hybridized carbons (Fsp3) is 0.360. The topological polar surface area (TPSA) is 39.7 Å². The summed E-state index contributed by atoms with van der Waals surface area (Å²) in [5.41, 5.74) is 1.79. The van der Waals surface area contributed by atoms with E-state index >= 15 is 0 Å². The summed E-state index contributed by atoms with van der Waals surface area (Å²) >= 11 is 3.00. The summed E-state index contributed by atoms with van der Waals surface area (Å²) in [6, 6.07) is 13.0. The van der Waals surface area contributed by atoms with Gasteiger partial charge in [0, 0.05) is 60.6 Å². The number of amides is 1. The highest BCUT2D eigenvalue weighted by Crippen LogP contribution is 2.34. The lowest BCUT2D eigenvalue weighted by Gasteiger charge is -2.36. The quantitative estimate of drug-likeness (QED) is 0.334. The van der Waals surface area contributed by atoms with Crippen molar-refractivity contribution in [2.75, 3.05) is 51.2 Å². The number of nitrogens with zero attached hydrogens (tertiary/aromatic N) is 4. The average molecular weight is 483 g/mol. The lowest BCUT2D eigenvalue weighted by Crippen LogP contribution is -2.46. The predicted octanol–water partition coefficient (Wildman–Crippen LogP) is 5.32. The molecule has 1 saturated heterocycles. The molecule has 5 nitrogen and oxygen atoms in total. The maximum atomic E-state index is 13.5. The van der Waals surface area contributed by atoms with Gasteiger partial charge >= 0.3 is 0 Å². The first kappa shape index (κ1) is 22.3. The average Bonchev–Trinajstić information content (AvgIpc) is 3.45. The number of thiophene rings is 1. The number of aromatic nitrogens is 1. The molecule has 1 aliphatic rings. The molecule has 0 atom stereocenters. The van der Waals surface area contributed by atoms with Crippen LogP contribution in [0.3, 0.4) is 0 Å². The second-order valence-corrected chi connectivity index (χ2v) is 10.3. The zero-order valence-corrected chi connectivity index (χ0v) is 20.3. The van der Waals surface area contributed by atoms with E-state index < -0.39 is 0 Å². The third kappa shape index (κ3) is 4.74. The lowest BCUT2D eigenvalue weighted by atomic mass is 10.2. The van der Waals surface area contributed by atoms with E-state index in [2.05, 4.69) is 19.6 Å². The number of halogens is 1. The molecule has 3 heterocycles. The second-order valence-electron chi connectivity index (χ2n) is 8.55. The van der Waals surface area contributed by atoms with Gasteiger partial charge in [0.1, 0.15) is 11.5 Å². The van der Waals surface area contributed by atoms with Gasteiger partial charge in [0.25, 0.3) is 5.91 Å². The summed E-state index contributed by atoms with van der Waals surface area (Å²) in [4.78, 5) is 19.5. The number of anilines is 1. The summed E-state index contributed by atoms with van der Waals surface area (Å²) in [6.45, 7) is 5.81. The summed E-state index contributed by atoms with van der Waals surface area (Å²) in [7, 11) is 1.87. The third-order valence-electron chi connectivity index (χ3n) is 6.37. The van der Waals surface area contributed by atoms with Crippen molar-refractivity contribution < 1.29 is 9.18 Å². The minimum absolute atomic E-state index is 0.00364. The largest absolute Gasteiger partial charge is 0.368 e. The molecule has 2 aromatic carbocycles. The summed E-state index contributed by atoms with van der Waals surface area (Å²) in [5.74, 6) is -0.170. The number of hydrogen-bond donors (Lipinski definition) is 0. The minimum Gasteiger partial charge on any atom is -0.368 e. The number of benzene rings is 2. The number of hydrogen-bond acceptors (Lipinski definition) is 6. The first-order valence-corrected chi connectivity index (χ1v) is 13.0. The third-order valence-corrected chi connectivity index (χ3v) is 8.13. The van der Waals surface area contributed by atoms with E-state index in [9.17, 15) is 9.18 Å². The van der Waals surface area contributed by atoms with E-state index in [0.717, 1.165) is 72.3 Å². The maximum absolute atomic E-state index is 13.5. The zero-order chi connectivity index (χ0) is 22.8. The molecule has 0 aliphatic carbocycles. The molecule has 1 amide bonds. The minimum atomic E-state index is -0.173. The number of unbranched alkanes of at least 4 members (excludes halogenated alkanes) is 1. The maximum Gasteiger partial charge on any atom is 0.273 e. The Bertz CT molecular complexity index is 1260. The first-order chi connectivity index (χ1) is 16.1. The van der Waals surface area contributed by atoms with Gasteiger partial charge in [0.2, 0.25) is 0 Å². The van der Waals surface area contributed by atoms with E-state index in [1.165, 1.54) is 17.2 Å². The van der Waals surface area contributed by atoms with Crippen LogP contribution < -0.4 is 4.90 Å². The molecule has 0 bridgehead atoms. The number of piperazine rings is 1. The van der Waals surface area contributed by atoms with E-state index in [1.807, 2.05) is 37.4 Å². The highest BCUT2D eigenvalue weighted by Gasteiger charge is 2.20. The van der Waals surface area contributed by atoms with Crippen molar-refractivity contribution in [3.63, 3.8) is 0 Å². The monoisotopic (exact) mass is 482 g/mol. The number of carbonyl (C=O) groups excluding carboxylic acids is 1. The normalized spacial score (nSPS) is 14.9. The summed E-state index contributed by atoms with van der Waals surface area (Å²) in [5, 5.41) is 4.24. The fourth-order valence-corrected chi connectivity index (χ4v) is 6.22. The van der Waals surface area contributed by atoms with Crippen LogP contribution in [0, 0.1) is 5.82 Å². The summed E-state index contributed by atoms with van der Waals surface area (Å²) in [6.07, 6.45) is 2.04. The van der Waals surface area contributed by atoms with Crippen LogP contribution in [0.2, 0.25) is 0 Å². The van der Waals surface area contributed by atoms with Crippen molar-refractivity contribution in [2.24, 2.45) is 0 Å². The van der Waals surface area contributed by atoms with Crippen LogP contribution in [0.5, 0.6) is 0 Å². The molecule has 8 heteroatoms. The predicted molar refractivity (Wildman–Crippen MR) is 136 cm³/mol. The molecule has 0 unspecified atom stereocenters. The van der Waals surface area contributed by atoms with Crippen LogP contribution in [-0.4, -0.2) is 66.4 Å².